The van der Waals surface area contributed by atoms with E-state index in [4.69, 9.17) is 0 Å². The molecule has 0 aliphatic heterocycles. The summed E-state index contributed by atoms with van der Waals surface area (Å²) in [5.41, 5.74) is 4.61. The molecular formula is C24H26N6OS. The summed E-state index contributed by atoms with van der Waals surface area (Å²) in [5, 5.41) is 16.6. The van der Waals surface area contributed by atoms with Crippen LogP contribution < -0.4 is 5.32 Å². The van der Waals surface area contributed by atoms with Gasteiger partial charge in [0.15, 0.2) is 5.16 Å². The van der Waals surface area contributed by atoms with Crippen molar-refractivity contribution in [1.82, 2.24) is 24.5 Å². The predicted octanol–water partition coefficient (Wildman–Crippen LogP) is 4.33. The minimum atomic E-state index is -0.370. The van der Waals surface area contributed by atoms with E-state index in [2.05, 4.69) is 32.7 Å². The Hall–Kier alpha value is -3.39. The lowest BCUT2D eigenvalue weighted by molar-refractivity contribution is -0.115. The zero-order chi connectivity index (χ0) is 22.7. The third-order valence-electron chi connectivity index (χ3n) is 5.33. The molecular weight excluding hydrogens is 420 g/mol. The summed E-state index contributed by atoms with van der Waals surface area (Å²) < 4.78 is 3.80. The van der Waals surface area contributed by atoms with E-state index in [-0.39, 0.29) is 11.2 Å². The van der Waals surface area contributed by atoms with Gasteiger partial charge in [0.05, 0.1) is 22.3 Å². The lowest BCUT2D eigenvalue weighted by Crippen LogP contribution is -2.23. The zero-order valence-corrected chi connectivity index (χ0v) is 19.4. The number of rotatable bonds is 7. The molecule has 164 valence electrons. The van der Waals surface area contributed by atoms with Crippen molar-refractivity contribution < 1.29 is 4.79 Å². The monoisotopic (exact) mass is 446 g/mol. The zero-order valence-electron chi connectivity index (χ0n) is 18.6. The number of anilines is 1. The van der Waals surface area contributed by atoms with Gasteiger partial charge in [-0.15, -0.1) is 10.2 Å². The van der Waals surface area contributed by atoms with Crippen molar-refractivity contribution in [3.8, 4) is 5.69 Å². The summed E-state index contributed by atoms with van der Waals surface area (Å²) >= 11 is 1.39. The van der Waals surface area contributed by atoms with Crippen molar-refractivity contribution in [2.75, 3.05) is 5.32 Å². The standard InChI is InChI=1S/C24H26N6OS/c1-16-22(17(2)29(4)28-16)25-23(31)18(3)32-24-27-26-21(15-19-11-7-5-8-12-19)30(24)20-13-9-6-10-14-20/h5-14,18H,15H2,1-4H3,(H,25,31)/t18-/m1/s1. The average molecular weight is 447 g/mol. The summed E-state index contributed by atoms with van der Waals surface area (Å²) in [7, 11) is 1.87. The first-order chi connectivity index (χ1) is 15.4. The largest absolute Gasteiger partial charge is 0.322 e. The Morgan fingerprint density at radius 1 is 1.03 bits per heavy atom. The summed E-state index contributed by atoms with van der Waals surface area (Å²) in [4.78, 5) is 12.9. The fourth-order valence-corrected chi connectivity index (χ4v) is 4.38. The number of carbonyl (C=O) groups is 1. The van der Waals surface area contributed by atoms with Gasteiger partial charge in [-0.2, -0.15) is 5.10 Å². The van der Waals surface area contributed by atoms with Crippen LogP contribution in [0, 0.1) is 13.8 Å². The van der Waals surface area contributed by atoms with E-state index in [1.807, 2.05) is 80.9 Å². The highest BCUT2D eigenvalue weighted by atomic mass is 32.2. The van der Waals surface area contributed by atoms with Gasteiger partial charge in [0.1, 0.15) is 5.82 Å². The Bertz CT molecular complexity index is 1220. The van der Waals surface area contributed by atoms with Crippen LogP contribution in [-0.2, 0) is 18.3 Å². The van der Waals surface area contributed by atoms with E-state index >= 15 is 0 Å². The maximum absolute atomic E-state index is 12.9. The Balaban J connectivity index is 1.59. The fourth-order valence-electron chi connectivity index (χ4n) is 3.50. The van der Waals surface area contributed by atoms with Crippen molar-refractivity contribution in [2.45, 2.75) is 37.6 Å². The Labute approximate surface area is 191 Å². The number of hydrogen-bond donors (Lipinski definition) is 1. The minimum Gasteiger partial charge on any atom is -0.322 e. The third kappa shape index (κ3) is 4.60. The van der Waals surface area contributed by atoms with Gasteiger partial charge >= 0.3 is 0 Å². The molecule has 0 bridgehead atoms. The van der Waals surface area contributed by atoms with E-state index in [1.165, 1.54) is 11.8 Å². The number of carbonyl (C=O) groups excluding carboxylic acids is 1. The maximum atomic E-state index is 12.9. The average Bonchev–Trinajstić information content (AvgIpc) is 3.29. The highest BCUT2D eigenvalue weighted by molar-refractivity contribution is 8.00. The second kappa shape index (κ2) is 9.40. The first kappa shape index (κ1) is 21.8. The molecule has 0 saturated heterocycles. The number of benzene rings is 2. The molecule has 0 radical (unpaired) electrons. The number of aromatic nitrogens is 5. The third-order valence-corrected chi connectivity index (χ3v) is 6.37. The first-order valence-electron chi connectivity index (χ1n) is 10.5. The number of thioether (sulfide) groups is 1. The van der Waals surface area contributed by atoms with Gasteiger partial charge in [-0.25, -0.2) is 0 Å². The van der Waals surface area contributed by atoms with Crippen LogP contribution in [0.15, 0.2) is 65.8 Å². The van der Waals surface area contributed by atoms with E-state index in [0.29, 0.717) is 11.6 Å². The molecule has 2 aromatic carbocycles. The van der Waals surface area contributed by atoms with Gasteiger partial charge in [-0.1, -0.05) is 60.3 Å². The van der Waals surface area contributed by atoms with Crippen LogP contribution in [0.2, 0.25) is 0 Å². The number of hydrogen-bond acceptors (Lipinski definition) is 5. The van der Waals surface area contributed by atoms with Crippen molar-refractivity contribution >= 4 is 23.4 Å². The molecule has 0 aliphatic rings. The van der Waals surface area contributed by atoms with Gasteiger partial charge in [0, 0.05) is 19.2 Å². The van der Waals surface area contributed by atoms with E-state index < -0.39 is 0 Å². The van der Waals surface area contributed by atoms with Crippen LogP contribution in [-0.4, -0.2) is 35.7 Å². The number of amides is 1. The second-order valence-electron chi connectivity index (χ2n) is 7.65. The molecule has 7 nitrogen and oxygen atoms in total. The van der Waals surface area contributed by atoms with Gasteiger partial charge < -0.3 is 5.32 Å². The summed E-state index contributed by atoms with van der Waals surface area (Å²) in [6, 6.07) is 20.2. The van der Waals surface area contributed by atoms with E-state index in [1.54, 1.807) is 4.68 Å². The van der Waals surface area contributed by atoms with Crippen molar-refractivity contribution in [2.24, 2.45) is 7.05 Å². The molecule has 32 heavy (non-hydrogen) atoms. The molecule has 8 heteroatoms. The van der Waals surface area contributed by atoms with Crippen molar-refractivity contribution in [1.29, 1.82) is 0 Å². The van der Waals surface area contributed by atoms with Crippen LogP contribution in [0.5, 0.6) is 0 Å². The lowest BCUT2D eigenvalue weighted by atomic mass is 10.1. The van der Waals surface area contributed by atoms with Crippen LogP contribution in [0.4, 0.5) is 5.69 Å². The molecule has 1 N–H and O–H groups in total. The predicted molar refractivity (Wildman–Crippen MR) is 127 cm³/mol. The summed E-state index contributed by atoms with van der Waals surface area (Å²) in [5.74, 6) is 0.734. The number of aryl methyl sites for hydroxylation is 2. The minimum absolute atomic E-state index is 0.0959. The normalized spacial score (nSPS) is 12.0. The number of para-hydroxylation sites is 1. The van der Waals surface area contributed by atoms with Gasteiger partial charge in [-0.05, 0) is 38.5 Å². The molecule has 0 saturated carbocycles. The van der Waals surface area contributed by atoms with Gasteiger partial charge in [0.2, 0.25) is 5.91 Å². The van der Waals surface area contributed by atoms with Crippen LogP contribution in [0.25, 0.3) is 5.69 Å². The van der Waals surface area contributed by atoms with Crippen LogP contribution in [0.1, 0.15) is 29.7 Å². The van der Waals surface area contributed by atoms with E-state index in [0.717, 1.165) is 34.2 Å². The molecule has 0 unspecified atom stereocenters. The van der Waals surface area contributed by atoms with Crippen molar-refractivity contribution in [3.63, 3.8) is 0 Å². The van der Waals surface area contributed by atoms with Crippen molar-refractivity contribution in [3.05, 3.63) is 83.4 Å². The molecule has 4 aromatic rings. The highest BCUT2D eigenvalue weighted by Crippen LogP contribution is 2.28. The van der Waals surface area contributed by atoms with Gasteiger partial charge in [0.25, 0.3) is 0 Å². The molecule has 1 amide bonds. The molecule has 0 aliphatic carbocycles. The Morgan fingerprint density at radius 2 is 1.69 bits per heavy atom. The topological polar surface area (TPSA) is 77.6 Å². The Kier molecular flexibility index (Phi) is 6.41. The quantitative estimate of drug-likeness (QED) is 0.428. The van der Waals surface area contributed by atoms with Gasteiger partial charge in [-0.3, -0.25) is 14.0 Å². The molecule has 0 spiro atoms. The summed E-state index contributed by atoms with van der Waals surface area (Å²) in [6.07, 6.45) is 0.651. The van der Waals surface area contributed by atoms with E-state index in [9.17, 15) is 4.79 Å². The molecule has 0 fully saturated rings. The Morgan fingerprint density at radius 3 is 2.31 bits per heavy atom. The van der Waals surface area contributed by atoms with Crippen LogP contribution in [0.3, 0.4) is 0 Å². The molecule has 2 aromatic heterocycles. The SMILES string of the molecule is Cc1nn(C)c(C)c1NC(=O)[C@@H](C)Sc1nnc(Cc2ccccc2)n1-c1ccccc1. The first-order valence-corrected chi connectivity index (χ1v) is 11.3. The summed E-state index contributed by atoms with van der Waals surface area (Å²) in [6.45, 7) is 5.71. The molecule has 1 atom stereocenters. The lowest BCUT2D eigenvalue weighted by Gasteiger charge is -2.14. The molecule has 2 heterocycles. The number of nitrogens with one attached hydrogen (secondary N) is 1. The fraction of sp³-hybridized carbons (Fsp3) is 0.250. The highest BCUT2D eigenvalue weighted by Gasteiger charge is 2.23. The number of nitrogens with zero attached hydrogens (tertiary/aromatic N) is 5. The second-order valence-corrected chi connectivity index (χ2v) is 8.96. The molecule has 4 rings (SSSR count). The smallest absolute Gasteiger partial charge is 0.237 e. The van der Waals surface area contributed by atoms with Crippen LogP contribution >= 0.6 is 11.8 Å². The maximum Gasteiger partial charge on any atom is 0.237 e.